The number of hydrogen-bond acceptors (Lipinski definition) is 7. The zero-order chi connectivity index (χ0) is 27.3. The van der Waals surface area contributed by atoms with E-state index in [0.717, 1.165) is 75.0 Å². The van der Waals surface area contributed by atoms with E-state index in [1.165, 1.54) is 0 Å². The van der Waals surface area contributed by atoms with Crippen molar-refractivity contribution in [3.63, 3.8) is 0 Å². The van der Waals surface area contributed by atoms with E-state index < -0.39 is 11.7 Å². The van der Waals surface area contributed by atoms with E-state index in [2.05, 4.69) is 43.5 Å². The van der Waals surface area contributed by atoms with Gasteiger partial charge in [-0.05, 0) is 56.5 Å². The number of nitrogens with one attached hydrogen (secondary N) is 2. The topological polar surface area (TPSA) is 76.6 Å². The molecule has 38 heavy (non-hydrogen) atoms. The van der Waals surface area contributed by atoms with Gasteiger partial charge in [-0.25, -0.2) is 4.98 Å². The molecule has 2 N–H and O–H groups in total. The SMILES string of the molecule is CCc1cc(N2CCN(C)CC2)ccc1Nc1ncc(C(F)(F)F)c(NCCCN(C)C(=O)C2CCC2)n1. The van der Waals surface area contributed by atoms with Gasteiger partial charge in [-0.1, -0.05) is 13.3 Å². The number of piperazine rings is 1. The van der Waals surface area contributed by atoms with Crippen molar-refractivity contribution in [1.29, 1.82) is 0 Å². The molecule has 2 heterocycles. The lowest BCUT2D eigenvalue weighted by Gasteiger charge is -2.34. The Hall–Kier alpha value is -3.08. The first-order chi connectivity index (χ1) is 18.2. The molecule has 0 unspecified atom stereocenters. The summed E-state index contributed by atoms with van der Waals surface area (Å²) in [6, 6.07) is 6.09. The van der Waals surface area contributed by atoms with Crippen LogP contribution >= 0.6 is 0 Å². The normalized spacial score (nSPS) is 16.7. The lowest BCUT2D eigenvalue weighted by atomic mass is 9.84. The van der Waals surface area contributed by atoms with Crippen LogP contribution in [0.3, 0.4) is 0 Å². The zero-order valence-electron chi connectivity index (χ0n) is 22.4. The lowest BCUT2D eigenvalue weighted by molar-refractivity contribution is -0.137. The predicted molar refractivity (Wildman–Crippen MR) is 144 cm³/mol. The summed E-state index contributed by atoms with van der Waals surface area (Å²) in [4.78, 5) is 26.7. The van der Waals surface area contributed by atoms with E-state index in [4.69, 9.17) is 0 Å². The fraction of sp³-hybridized carbons (Fsp3) is 0.593. The van der Waals surface area contributed by atoms with Crippen molar-refractivity contribution in [2.24, 2.45) is 5.92 Å². The molecule has 2 aromatic rings. The van der Waals surface area contributed by atoms with Gasteiger partial charge in [0.15, 0.2) is 0 Å². The maximum atomic E-state index is 13.6. The van der Waals surface area contributed by atoms with Crippen molar-refractivity contribution in [3.05, 3.63) is 35.5 Å². The highest BCUT2D eigenvalue weighted by Gasteiger charge is 2.35. The summed E-state index contributed by atoms with van der Waals surface area (Å²) in [5.41, 5.74) is 2.03. The first-order valence-corrected chi connectivity index (χ1v) is 13.4. The highest BCUT2D eigenvalue weighted by atomic mass is 19.4. The van der Waals surface area contributed by atoms with Gasteiger partial charge in [-0.15, -0.1) is 0 Å². The Morgan fingerprint density at radius 2 is 1.92 bits per heavy atom. The molecule has 1 aliphatic carbocycles. The molecule has 208 valence electrons. The third-order valence-electron chi connectivity index (χ3n) is 7.47. The molecule has 1 aromatic carbocycles. The fourth-order valence-electron chi connectivity index (χ4n) is 4.76. The van der Waals surface area contributed by atoms with Crippen LogP contribution in [0, 0.1) is 5.92 Å². The Labute approximate surface area is 222 Å². The Kier molecular flexibility index (Phi) is 8.96. The van der Waals surface area contributed by atoms with Gasteiger partial charge in [0.05, 0.1) is 0 Å². The number of carbonyl (C=O) groups is 1. The number of rotatable bonds is 10. The average molecular weight is 534 g/mol. The third-order valence-corrected chi connectivity index (χ3v) is 7.47. The molecule has 1 aromatic heterocycles. The van der Waals surface area contributed by atoms with Crippen molar-refractivity contribution in [2.45, 2.75) is 45.2 Å². The number of nitrogens with zero attached hydrogens (tertiary/aromatic N) is 5. The van der Waals surface area contributed by atoms with Crippen LogP contribution in [0.25, 0.3) is 0 Å². The molecule has 8 nitrogen and oxygen atoms in total. The fourth-order valence-corrected chi connectivity index (χ4v) is 4.76. The van der Waals surface area contributed by atoms with Gasteiger partial charge in [-0.3, -0.25) is 4.79 Å². The molecule has 4 rings (SSSR count). The number of carbonyl (C=O) groups excluding carboxylic acids is 1. The largest absolute Gasteiger partial charge is 0.421 e. The van der Waals surface area contributed by atoms with Crippen LogP contribution in [0.15, 0.2) is 24.4 Å². The van der Waals surface area contributed by atoms with Crippen LogP contribution in [0.4, 0.5) is 36.3 Å². The standard InChI is InChI=1S/C27H38F3N7O/c1-4-19-17-21(37-15-13-35(2)14-16-37)9-10-23(19)33-26-32-18-22(27(28,29)30)24(34-26)31-11-6-12-36(3)25(38)20-7-5-8-20/h9-10,17-18,20H,4-8,11-16H2,1-3H3,(H2,31,32,33,34). The van der Waals surface area contributed by atoms with Crippen molar-refractivity contribution in [2.75, 3.05) is 68.9 Å². The summed E-state index contributed by atoms with van der Waals surface area (Å²) in [5, 5.41) is 5.94. The number of halogens is 3. The molecule has 1 saturated carbocycles. The summed E-state index contributed by atoms with van der Waals surface area (Å²) in [6.07, 6.45) is 0.410. The van der Waals surface area contributed by atoms with Crippen LogP contribution in [0.5, 0.6) is 0 Å². The number of anilines is 4. The van der Waals surface area contributed by atoms with Gasteiger partial charge < -0.3 is 25.3 Å². The second-order valence-corrected chi connectivity index (χ2v) is 10.2. The first-order valence-electron chi connectivity index (χ1n) is 13.4. The molecule has 0 radical (unpaired) electrons. The van der Waals surface area contributed by atoms with Crippen molar-refractivity contribution >= 4 is 29.0 Å². The average Bonchev–Trinajstić information content (AvgIpc) is 2.85. The monoisotopic (exact) mass is 533 g/mol. The van der Waals surface area contributed by atoms with E-state index in [-0.39, 0.29) is 30.1 Å². The van der Waals surface area contributed by atoms with E-state index in [1.807, 2.05) is 19.1 Å². The van der Waals surface area contributed by atoms with Gasteiger partial charge >= 0.3 is 6.18 Å². The van der Waals surface area contributed by atoms with Gasteiger partial charge in [0.25, 0.3) is 0 Å². The molecule has 2 fully saturated rings. The van der Waals surface area contributed by atoms with Crippen molar-refractivity contribution in [3.8, 4) is 0 Å². The van der Waals surface area contributed by atoms with E-state index in [9.17, 15) is 18.0 Å². The summed E-state index contributed by atoms with van der Waals surface area (Å²) in [5.74, 6) is 0.0462. The number of aryl methyl sites for hydroxylation is 1. The second kappa shape index (κ2) is 12.2. The quantitative estimate of drug-likeness (QED) is 0.432. The van der Waals surface area contributed by atoms with E-state index in [0.29, 0.717) is 13.0 Å². The summed E-state index contributed by atoms with van der Waals surface area (Å²) in [6.45, 7) is 6.68. The smallest absolute Gasteiger partial charge is 0.369 e. The summed E-state index contributed by atoms with van der Waals surface area (Å²) in [7, 11) is 3.86. The highest BCUT2D eigenvalue weighted by molar-refractivity contribution is 5.79. The van der Waals surface area contributed by atoms with Crippen molar-refractivity contribution in [1.82, 2.24) is 19.8 Å². The molecule has 2 aliphatic rings. The van der Waals surface area contributed by atoms with Crippen LogP contribution in [0.1, 0.15) is 43.7 Å². The Bertz CT molecular complexity index is 1100. The first kappa shape index (κ1) is 27.9. The predicted octanol–water partition coefficient (Wildman–Crippen LogP) is 4.61. The van der Waals surface area contributed by atoms with Gasteiger partial charge in [-0.2, -0.15) is 18.2 Å². The van der Waals surface area contributed by atoms with E-state index in [1.54, 1.807) is 11.9 Å². The molecule has 0 bridgehead atoms. The molecule has 1 amide bonds. The Balaban J connectivity index is 1.42. The summed E-state index contributed by atoms with van der Waals surface area (Å²) >= 11 is 0. The van der Waals surface area contributed by atoms with Crippen LogP contribution in [-0.4, -0.2) is 79.0 Å². The van der Waals surface area contributed by atoms with E-state index >= 15 is 0 Å². The number of amides is 1. The minimum absolute atomic E-state index is 0.0971. The number of likely N-dealkylation sites (N-methyl/N-ethyl adjacent to an activating group) is 1. The lowest BCUT2D eigenvalue weighted by Crippen LogP contribution is -2.44. The van der Waals surface area contributed by atoms with Gasteiger partial charge in [0.1, 0.15) is 11.4 Å². The molecule has 0 spiro atoms. The number of hydrogen-bond donors (Lipinski definition) is 2. The van der Waals surface area contributed by atoms with Gasteiger partial charge in [0, 0.05) is 69.8 Å². The highest BCUT2D eigenvalue weighted by Crippen LogP contribution is 2.35. The number of benzene rings is 1. The third kappa shape index (κ3) is 6.86. The zero-order valence-corrected chi connectivity index (χ0v) is 22.4. The second-order valence-electron chi connectivity index (χ2n) is 10.2. The minimum Gasteiger partial charge on any atom is -0.369 e. The molecule has 11 heteroatoms. The summed E-state index contributed by atoms with van der Waals surface area (Å²) < 4.78 is 40.9. The Morgan fingerprint density at radius 3 is 2.55 bits per heavy atom. The molecule has 1 aliphatic heterocycles. The number of aromatic nitrogens is 2. The maximum absolute atomic E-state index is 13.6. The van der Waals surface area contributed by atoms with Gasteiger partial charge in [0.2, 0.25) is 11.9 Å². The Morgan fingerprint density at radius 1 is 1.18 bits per heavy atom. The minimum atomic E-state index is -4.59. The van der Waals surface area contributed by atoms with Crippen LogP contribution in [-0.2, 0) is 17.4 Å². The van der Waals surface area contributed by atoms with Crippen molar-refractivity contribution < 1.29 is 18.0 Å². The molecule has 0 atom stereocenters. The van der Waals surface area contributed by atoms with Crippen LogP contribution < -0.4 is 15.5 Å². The molecular weight excluding hydrogens is 495 g/mol. The van der Waals surface area contributed by atoms with Crippen LogP contribution in [0.2, 0.25) is 0 Å². The number of alkyl halides is 3. The maximum Gasteiger partial charge on any atom is 0.421 e. The molecular formula is C27H38F3N7O. The molecule has 1 saturated heterocycles.